The summed E-state index contributed by atoms with van der Waals surface area (Å²) in [5.74, 6) is -2.39. The molecule has 0 saturated carbocycles. The Bertz CT molecular complexity index is 1380. The van der Waals surface area contributed by atoms with E-state index in [4.69, 9.17) is 14.5 Å². The summed E-state index contributed by atoms with van der Waals surface area (Å²) in [6.45, 7) is 10.1. The Morgan fingerprint density at radius 1 is 1.21 bits per heavy atom. The zero-order chi connectivity index (χ0) is 31.2. The topological polar surface area (TPSA) is 113 Å². The normalized spacial score (nSPS) is 19.0. The summed E-state index contributed by atoms with van der Waals surface area (Å²) in [6, 6.07) is 6.13. The van der Waals surface area contributed by atoms with E-state index < -0.39 is 34.0 Å². The average Bonchev–Trinajstić information content (AvgIpc) is 2.87. The first-order valence-corrected chi connectivity index (χ1v) is 16.4. The number of nitrogens with zero attached hydrogens (tertiary/aromatic N) is 3. The second kappa shape index (κ2) is 14.1. The number of carbonyl (C=O) groups excluding carboxylic acids is 1. The molecule has 0 aliphatic carbocycles. The van der Waals surface area contributed by atoms with Gasteiger partial charge < -0.3 is 19.4 Å². The van der Waals surface area contributed by atoms with E-state index in [1.54, 1.807) is 26.0 Å². The van der Waals surface area contributed by atoms with Gasteiger partial charge in [-0.2, -0.15) is 12.7 Å². The lowest BCUT2D eigenvalue weighted by Gasteiger charge is -2.40. The van der Waals surface area contributed by atoms with E-state index in [2.05, 4.69) is 6.92 Å². The smallest absolute Gasteiger partial charge is 0.409 e. The fourth-order valence-electron chi connectivity index (χ4n) is 5.20. The molecule has 42 heavy (non-hydrogen) atoms. The largest absolute Gasteiger partial charge is 0.550 e. The number of rotatable bonds is 13. The van der Waals surface area contributed by atoms with Crippen molar-refractivity contribution in [2.45, 2.75) is 104 Å². The number of aromatic nitrogens is 2. The number of hydrogen-bond donors (Lipinski definition) is 0. The molecule has 0 unspecified atom stereocenters. The zero-order valence-corrected chi connectivity index (χ0v) is 26.5. The predicted octanol–water partition coefficient (Wildman–Crippen LogP) is 4.34. The van der Waals surface area contributed by atoms with Crippen LogP contribution in [0.15, 0.2) is 30.3 Å². The standard InChI is InChI=1S/C31H44FN3O6S/c1-8-9-10-11-18-35-29(22-12-14-23(32)15-13-22)26(28(21(2)3)33-30(35)34(6)42(7,38)39)17-16-24-19-25(20-27(36)37)41-31(4,5)40-24/h12-17,21,24-25H,8-11,18-20H2,1-7H3/b17-16+/t24-,25-/m1/s1. The highest BCUT2D eigenvalue weighted by Gasteiger charge is 2.36. The van der Waals surface area contributed by atoms with Gasteiger partial charge in [0.2, 0.25) is 0 Å². The van der Waals surface area contributed by atoms with Crippen molar-refractivity contribution in [3.63, 3.8) is 0 Å². The molecular weight excluding hydrogens is 561 g/mol. The SMILES string of the molecule is CCCCCC[n+]1c(N(C)S(C)(=O)=O)nc(C(C)C)c(/C=C/[C@@H]2C[C@H](CC(=O)[O-])OC(C)(C)O2)c1-c1ccc(F)cc1. The first-order chi connectivity index (χ1) is 19.6. The molecule has 1 fully saturated rings. The summed E-state index contributed by atoms with van der Waals surface area (Å²) in [4.78, 5) is 16.2. The predicted molar refractivity (Wildman–Crippen MR) is 158 cm³/mol. The van der Waals surface area contributed by atoms with Gasteiger partial charge in [0.05, 0.1) is 37.6 Å². The lowest BCUT2D eigenvalue weighted by atomic mass is 9.96. The van der Waals surface area contributed by atoms with Gasteiger partial charge in [0.1, 0.15) is 17.2 Å². The van der Waals surface area contributed by atoms with E-state index in [9.17, 15) is 22.7 Å². The van der Waals surface area contributed by atoms with Crippen molar-refractivity contribution < 1.29 is 36.8 Å². The van der Waals surface area contributed by atoms with Crippen LogP contribution in [-0.4, -0.2) is 50.7 Å². The van der Waals surface area contributed by atoms with Crippen molar-refractivity contribution >= 4 is 28.0 Å². The number of unbranched alkanes of at least 4 members (excludes halogenated alkanes) is 3. The van der Waals surface area contributed by atoms with Crippen molar-refractivity contribution in [3.8, 4) is 11.3 Å². The van der Waals surface area contributed by atoms with Gasteiger partial charge in [0.25, 0.3) is 10.0 Å². The Balaban J connectivity index is 2.27. The van der Waals surface area contributed by atoms with E-state index in [0.717, 1.165) is 37.5 Å². The van der Waals surface area contributed by atoms with Gasteiger partial charge in [0, 0.05) is 30.3 Å². The number of carboxylic acid groups (broad SMARTS) is 1. The van der Waals surface area contributed by atoms with Gasteiger partial charge in [-0.25, -0.2) is 8.96 Å². The molecule has 0 N–H and O–H groups in total. The van der Waals surface area contributed by atoms with E-state index in [0.29, 0.717) is 29.9 Å². The number of hydrogen-bond acceptors (Lipinski definition) is 7. The van der Waals surface area contributed by atoms with Crippen LogP contribution >= 0.6 is 0 Å². The van der Waals surface area contributed by atoms with Gasteiger partial charge in [0.15, 0.2) is 5.79 Å². The van der Waals surface area contributed by atoms with Crippen LogP contribution < -0.4 is 14.0 Å². The van der Waals surface area contributed by atoms with Crippen LogP contribution in [-0.2, 0) is 30.8 Å². The maximum absolute atomic E-state index is 14.1. The maximum Gasteiger partial charge on any atom is 0.409 e. The summed E-state index contributed by atoms with van der Waals surface area (Å²) in [7, 11) is -2.16. The highest BCUT2D eigenvalue weighted by molar-refractivity contribution is 7.92. The number of benzene rings is 1. The van der Waals surface area contributed by atoms with Gasteiger partial charge in [-0.05, 0) is 50.6 Å². The molecule has 232 valence electrons. The number of carbonyl (C=O) groups is 1. The monoisotopic (exact) mass is 605 g/mol. The summed E-state index contributed by atoms with van der Waals surface area (Å²) < 4.78 is 54.6. The third-order valence-corrected chi connectivity index (χ3v) is 8.35. The molecule has 3 rings (SSSR count). The minimum Gasteiger partial charge on any atom is -0.550 e. The average molecular weight is 606 g/mol. The molecule has 2 aromatic rings. The van der Waals surface area contributed by atoms with Gasteiger partial charge in [-0.15, -0.1) is 0 Å². The van der Waals surface area contributed by atoms with Crippen molar-refractivity contribution in [2.24, 2.45) is 0 Å². The fraction of sp³-hybridized carbons (Fsp3) is 0.581. The second-order valence-corrected chi connectivity index (χ2v) is 13.6. The molecule has 1 aromatic carbocycles. The molecule has 11 heteroatoms. The summed E-state index contributed by atoms with van der Waals surface area (Å²) in [5.41, 5.74) is 2.84. The number of sulfonamides is 1. The van der Waals surface area contributed by atoms with Crippen molar-refractivity contribution in [2.75, 3.05) is 17.6 Å². The van der Waals surface area contributed by atoms with Crippen molar-refractivity contribution in [1.29, 1.82) is 0 Å². The molecule has 0 radical (unpaired) electrons. The van der Waals surface area contributed by atoms with Gasteiger partial charge >= 0.3 is 5.95 Å². The molecule has 1 saturated heterocycles. The van der Waals surface area contributed by atoms with Crippen LogP contribution in [0.2, 0.25) is 0 Å². The summed E-state index contributed by atoms with van der Waals surface area (Å²) in [6.07, 6.45) is 7.77. The van der Waals surface area contributed by atoms with Crippen LogP contribution in [0.1, 0.15) is 90.3 Å². The number of carboxylic acids is 1. The molecule has 1 aromatic heterocycles. The lowest BCUT2D eigenvalue weighted by Crippen LogP contribution is -2.47. The van der Waals surface area contributed by atoms with E-state index in [-0.39, 0.29) is 24.1 Å². The maximum atomic E-state index is 14.1. The van der Waals surface area contributed by atoms with Crippen molar-refractivity contribution in [1.82, 2.24) is 4.98 Å². The van der Waals surface area contributed by atoms with Gasteiger partial charge in [-0.3, -0.25) is 0 Å². The fourth-order valence-corrected chi connectivity index (χ4v) is 5.63. The molecule has 2 heterocycles. The Kier molecular flexibility index (Phi) is 11.2. The summed E-state index contributed by atoms with van der Waals surface area (Å²) >= 11 is 0. The highest BCUT2D eigenvalue weighted by Crippen LogP contribution is 2.33. The molecule has 0 bridgehead atoms. The van der Waals surface area contributed by atoms with Crippen LogP contribution in [0.25, 0.3) is 17.3 Å². The van der Waals surface area contributed by atoms with E-state index in [1.165, 1.54) is 23.5 Å². The molecule has 1 aliphatic rings. The minimum atomic E-state index is -3.65. The van der Waals surface area contributed by atoms with E-state index >= 15 is 0 Å². The third-order valence-electron chi connectivity index (χ3n) is 7.19. The Hall–Kier alpha value is -2.89. The number of aliphatic carboxylic acids is 1. The van der Waals surface area contributed by atoms with Crippen LogP contribution in [0.4, 0.5) is 10.3 Å². The van der Waals surface area contributed by atoms with Gasteiger partial charge in [-0.1, -0.05) is 51.1 Å². The highest BCUT2D eigenvalue weighted by atomic mass is 32.2. The Morgan fingerprint density at radius 2 is 1.88 bits per heavy atom. The first-order valence-electron chi connectivity index (χ1n) is 14.5. The summed E-state index contributed by atoms with van der Waals surface area (Å²) in [5, 5.41) is 11.3. The lowest BCUT2D eigenvalue weighted by molar-refractivity contribution is -0.676. The zero-order valence-electron chi connectivity index (χ0n) is 25.7. The number of anilines is 1. The van der Waals surface area contributed by atoms with Crippen LogP contribution in [0.5, 0.6) is 0 Å². The third kappa shape index (κ3) is 8.81. The molecule has 9 nitrogen and oxygen atoms in total. The Labute approximate surface area is 249 Å². The molecule has 0 amide bonds. The number of ether oxygens (including phenoxy) is 2. The molecule has 2 atom stereocenters. The van der Waals surface area contributed by atoms with E-state index in [1.807, 2.05) is 30.6 Å². The first kappa shape index (κ1) is 33.6. The molecule has 1 aliphatic heterocycles. The number of halogens is 1. The van der Waals surface area contributed by atoms with Crippen LogP contribution in [0, 0.1) is 5.82 Å². The van der Waals surface area contributed by atoms with Crippen molar-refractivity contribution in [3.05, 3.63) is 47.4 Å². The second-order valence-electron chi connectivity index (χ2n) is 11.6. The van der Waals surface area contributed by atoms with Crippen LogP contribution in [0.3, 0.4) is 0 Å². The minimum absolute atomic E-state index is 0.0943. The molecular formula is C31H44FN3O6S. The molecule has 0 spiro atoms. The Morgan fingerprint density at radius 3 is 2.45 bits per heavy atom. The quantitative estimate of drug-likeness (QED) is 0.247.